The van der Waals surface area contributed by atoms with Gasteiger partial charge < -0.3 is 5.32 Å². The summed E-state index contributed by atoms with van der Waals surface area (Å²) in [6.45, 7) is 4.09. The second-order valence-electron chi connectivity index (χ2n) is 3.80. The van der Waals surface area contributed by atoms with Crippen LogP contribution in [0.3, 0.4) is 0 Å². The van der Waals surface area contributed by atoms with Crippen molar-refractivity contribution in [3.63, 3.8) is 0 Å². The molecule has 6 heteroatoms. The Hall–Kier alpha value is 0.160. The van der Waals surface area contributed by atoms with Crippen LogP contribution in [0.15, 0.2) is 0 Å². The highest BCUT2D eigenvalue weighted by atomic mass is 35.5. The molecule has 0 heterocycles. The summed E-state index contributed by atoms with van der Waals surface area (Å²) in [5.74, 6) is 0.976. The van der Waals surface area contributed by atoms with Gasteiger partial charge in [-0.15, -0.1) is 12.4 Å². The van der Waals surface area contributed by atoms with E-state index >= 15 is 0 Å². The van der Waals surface area contributed by atoms with Crippen molar-refractivity contribution in [2.75, 3.05) is 25.4 Å². The van der Waals surface area contributed by atoms with E-state index in [2.05, 4.69) is 10.0 Å². The Balaban J connectivity index is 0.00000196. The molecule has 0 saturated heterocycles. The Labute approximate surface area is 98.7 Å². The zero-order chi connectivity index (χ0) is 10.4. The minimum atomic E-state index is -3.01. The quantitative estimate of drug-likeness (QED) is 0.630. The maximum Gasteiger partial charge on any atom is 0.211 e. The van der Waals surface area contributed by atoms with Crippen LogP contribution in [0.4, 0.5) is 0 Å². The molecule has 0 aromatic rings. The molecule has 0 unspecified atom stereocenters. The van der Waals surface area contributed by atoms with Gasteiger partial charge in [-0.1, -0.05) is 19.8 Å². The van der Waals surface area contributed by atoms with E-state index in [1.54, 1.807) is 0 Å². The van der Waals surface area contributed by atoms with Gasteiger partial charge in [-0.2, -0.15) is 0 Å². The Kier molecular flexibility index (Phi) is 7.52. The summed E-state index contributed by atoms with van der Waals surface area (Å²) in [6.07, 6.45) is 3.26. The molecular weight excluding hydrogens is 236 g/mol. The molecule has 0 radical (unpaired) electrons. The molecule has 1 aliphatic rings. The SMILES string of the molecule is CCNCCNS(=O)(=O)CCC1CC1.Cl. The van der Waals surface area contributed by atoms with Crippen LogP contribution in [0.2, 0.25) is 0 Å². The van der Waals surface area contributed by atoms with Gasteiger partial charge in [0.05, 0.1) is 5.75 Å². The van der Waals surface area contributed by atoms with Crippen molar-refractivity contribution >= 4 is 22.4 Å². The van der Waals surface area contributed by atoms with Crippen molar-refractivity contribution in [1.82, 2.24) is 10.0 Å². The molecule has 0 spiro atoms. The average molecular weight is 257 g/mol. The number of halogens is 1. The monoisotopic (exact) mass is 256 g/mol. The maximum atomic E-state index is 11.4. The maximum absolute atomic E-state index is 11.4. The largest absolute Gasteiger partial charge is 0.316 e. The molecule has 1 saturated carbocycles. The lowest BCUT2D eigenvalue weighted by Crippen LogP contribution is -2.33. The van der Waals surface area contributed by atoms with Gasteiger partial charge in [0.15, 0.2) is 0 Å². The van der Waals surface area contributed by atoms with E-state index in [9.17, 15) is 8.42 Å². The summed E-state index contributed by atoms with van der Waals surface area (Å²) in [4.78, 5) is 0. The predicted octanol–water partition coefficient (Wildman–Crippen LogP) is 0.737. The van der Waals surface area contributed by atoms with Gasteiger partial charge in [0.2, 0.25) is 10.0 Å². The molecule has 0 aliphatic heterocycles. The first kappa shape index (κ1) is 15.2. The lowest BCUT2D eigenvalue weighted by molar-refractivity contribution is 0.572. The van der Waals surface area contributed by atoms with Crippen molar-refractivity contribution < 1.29 is 8.42 Å². The lowest BCUT2D eigenvalue weighted by atomic mass is 10.3. The molecule has 1 fully saturated rings. The highest BCUT2D eigenvalue weighted by Crippen LogP contribution is 2.32. The third-order valence-electron chi connectivity index (χ3n) is 2.37. The van der Waals surface area contributed by atoms with Gasteiger partial charge in [-0.3, -0.25) is 0 Å². The first-order chi connectivity index (χ1) is 6.64. The summed E-state index contributed by atoms with van der Waals surface area (Å²) in [6, 6.07) is 0. The molecule has 0 aromatic heterocycles. The van der Waals surface area contributed by atoms with Crippen molar-refractivity contribution in [2.24, 2.45) is 5.92 Å². The molecule has 0 aromatic carbocycles. The smallest absolute Gasteiger partial charge is 0.211 e. The first-order valence-corrected chi connectivity index (χ1v) is 6.97. The van der Waals surface area contributed by atoms with Crippen LogP contribution in [0.5, 0.6) is 0 Å². The van der Waals surface area contributed by atoms with Gasteiger partial charge in [0.1, 0.15) is 0 Å². The standard InChI is InChI=1S/C9H20N2O2S.ClH/c1-2-10-6-7-11-14(12,13)8-5-9-3-4-9;/h9-11H,2-8H2,1H3;1H. The van der Waals surface area contributed by atoms with Gasteiger partial charge >= 0.3 is 0 Å². The third kappa shape index (κ3) is 8.02. The molecule has 15 heavy (non-hydrogen) atoms. The highest BCUT2D eigenvalue weighted by molar-refractivity contribution is 7.89. The van der Waals surface area contributed by atoms with Gasteiger partial charge in [-0.25, -0.2) is 13.1 Å². The zero-order valence-electron chi connectivity index (χ0n) is 9.16. The van der Waals surface area contributed by atoms with E-state index in [1.165, 1.54) is 12.8 Å². The fourth-order valence-corrected chi connectivity index (χ4v) is 2.47. The number of nitrogens with one attached hydrogen (secondary N) is 2. The van der Waals surface area contributed by atoms with Crippen LogP contribution in [0, 0.1) is 5.92 Å². The van der Waals surface area contributed by atoms with Crippen molar-refractivity contribution in [3.8, 4) is 0 Å². The van der Waals surface area contributed by atoms with E-state index in [1.807, 2.05) is 6.92 Å². The van der Waals surface area contributed by atoms with Crippen molar-refractivity contribution in [1.29, 1.82) is 0 Å². The van der Waals surface area contributed by atoms with E-state index < -0.39 is 10.0 Å². The second kappa shape index (κ2) is 7.44. The van der Waals surface area contributed by atoms with Crippen LogP contribution in [-0.2, 0) is 10.0 Å². The van der Waals surface area contributed by atoms with Crippen LogP contribution in [-0.4, -0.2) is 33.8 Å². The minimum absolute atomic E-state index is 0. The van der Waals surface area contributed by atoms with Gasteiger partial charge in [0.25, 0.3) is 0 Å². The summed E-state index contributed by atoms with van der Waals surface area (Å²) in [5.41, 5.74) is 0. The zero-order valence-corrected chi connectivity index (χ0v) is 10.8. The van der Waals surface area contributed by atoms with Crippen LogP contribution in [0.25, 0.3) is 0 Å². The van der Waals surface area contributed by atoms with E-state index in [0.717, 1.165) is 13.0 Å². The molecule has 4 nitrogen and oxygen atoms in total. The Bertz CT molecular complexity index is 253. The number of sulfonamides is 1. The number of rotatable bonds is 8. The van der Waals surface area contributed by atoms with Crippen LogP contribution >= 0.6 is 12.4 Å². The fourth-order valence-electron chi connectivity index (χ4n) is 1.27. The molecule has 1 rings (SSSR count). The normalized spacial score (nSPS) is 16.1. The van der Waals surface area contributed by atoms with Gasteiger partial charge in [-0.05, 0) is 18.9 Å². The molecule has 1 aliphatic carbocycles. The average Bonchev–Trinajstić information content (AvgIpc) is 2.93. The molecule has 92 valence electrons. The minimum Gasteiger partial charge on any atom is -0.316 e. The van der Waals surface area contributed by atoms with E-state index in [0.29, 0.717) is 24.8 Å². The molecule has 0 amide bonds. The fraction of sp³-hybridized carbons (Fsp3) is 1.00. The topological polar surface area (TPSA) is 58.2 Å². The number of hydrogen-bond donors (Lipinski definition) is 2. The predicted molar refractivity (Wildman–Crippen MR) is 64.9 cm³/mol. The molecule has 2 N–H and O–H groups in total. The number of hydrogen-bond acceptors (Lipinski definition) is 3. The molecular formula is C9H21ClN2O2S. The first-order valence-electron chi connectivity index (χ1n) is 5.32. The summed E-state index contributed by atoms with van der Waals surface area (Å²) in [7, 11) is -3.01. The number of likely N-dealkylation sites (N-methyl/N-ethyl adjacent to an activating group) is 1. The Morgan fingerprint density at radius 2 is 1.93 bits per heavy atom. The molecule has 0 bridgehead atoms. The molecule has 0 atom stereocenters. The van der Waals surface area contributed by atoms with Crippen LogP contribution in [0.1, 0.15) is 26.2 Å². The van der Waals surface area contributed by atoms with Crippen molar-refractivity contribution in [3.05, 3.63) is 0 Å². The van der Waals surface area contributed by atoms with E-state index in [-0.39, 0.29) is 12.4 Å². The summed E-state index contributed by atoms with van der Waals surface area (Å²) < 4.78 is 25.4. The summed E-state index contributed by atoms with van der Waals surface area (Å²) >= 11 is 0. The van der Waals surface area contributed by atoms with Crippen molar-refractivity contribution in [2.45, 2.75) is 26.2 Å². The second-order valence-corrected chi connectivity index (χ2v) is 5.73. The van der Waals surface area contributed by atoms with Crippen LogP contribution < -0.4 is 10.0 Å². The summed E-state index contributed by atoms with van der Waals surface area (Å²) in [5, 5.41) is 3.07. The lowest BCUT2D eigenvalue weighted by Gasteiger charge is -2.06. The highest BCUT2D eigenvalue weighted by Gasteiger charge is 2.23. The van der Waals surface area contributed by atoms with Gasteiger partial charge in [0, 0.05) is 13.1 Å². The third-order valence-corrected chi connectivity index (χ3v) is 3.78. The Morgan fingerprint density at radius 1 is 1.27 bits per heavy atom. The van der Waals surface area contributed by atoms with E-state index in [4.69, 9.17) is 0 Å². The Morgan fingerprint density at radius 3 is 2.47 bits per heavy atom.